The third kappa shape index (κ3) is 3.04. The number of aromatic nitrogens is 1. The van der Waals surface area contributed by atoms with E-state index >= 15 is 0 Å². The number of aryl methyl sites for hydroxylation is 1. The Morgan fingerprint density at radius 1 is 1.04 bits per heavy atom. The first-order valence-corrected chi connectivity index (χ1v) is 10.6. The Kier molecular flexibility index (Phi) is 4.55. The lowest BCUT2D eigenvalue weighted by Gasteiger charge is -2.31. The van der Waals surface area contributed by atoms with Crippen LogP contribution in [0.1, 0.15) is 24.3 Å². The van der Waals surface area contributed by atoms with Gasteiger partial charge in [0.05, 0.1) is 4.90 Å². The third-order valence-electron chi connectivity index (χ3n) is 5.26. The number of para-hydroxylation sites is 1. The van der Waals surface area contributed by atoms with Crippen molar-refractivity contribution < 1.29 is 8.42 Å². The van der Waals surface area contributed by atoms with Gasteiger partial charge in [-0.1, -0.05) is 35.9 Å². The van der Waals surface area contributed by atoms with Crippen molar-refractivity contribution in [2.75, 3.05) is 13.1 Å². The maximum Gasteiger partial charge on any atom is 0.243 e. The second-order valence-electron chi connectivity index (χ2n) is 6.85. The monoisotopic (exact) mass is 388 g/mol. The summed E-state index contributed by atoms with van der Waals surface area (Å²) in [6.45, 7) is 1.06. The summed E-state index contributed by atoms with van der Waals surface area (Å²) in [5.41, 5.74) is 2.54. The largest absolute Gasteiger partial charge is 0.350 e. The van der Waals surface area contributed by atoms with Gasteiger partial charge in [0.1, 0.15) is 0 Å². The van der Waals surface area contributed by atoms with Crippen molar-refractivity contribution in [3.63, 3.8) is 0 Å². The Morgan fingerprint density at radius 2 is 1.77 bits per heavy atom. The van der Waals surface area contributed by atoms with Gasteiger partial charge in [-0.3, -0.25) is 0 Å². The molecule has 4 rings (SSSR count). The van der Waals surface area contributed by atoms with E-state index in [1.807, 2.05) is 6.07 Å². The molecule has 3 aromatic rings. The highest BCUT2D eigenvalue weighted by Gasteiger charge is 2.31. The molecule has 0 spiro atoms. The highest BCUT2D eigenvalue weighted by molar-refractivity contribution is 7.89. The van der Waals surface area contributed by atoms with E-state index in [0.29, 0.717) is 24.0 Å². The van der Waals surface area contributed by atoms with Crippen molar-refractivity contribution in [3.05, 3.63) is 65.3 Å². The maximum absolute atomic E-state index is 12.9. The highest BCUT2D eigenvalue weighted by atomic mass is 35.5. The van der Waals surface area contributed by atoms with E-state index in [2.05, 4.69) is 36.0 Å². The summed E-state index contributed by atoms with van der Waals surface area (Å²) in [6, 6.07) is 14.9. The van der Waals surface area contributed by atoms with Crippen molar-refractivity contribution >= 4 is 32.5 Å². The number of rotatable bonds is 3. The van der Waals surface area contributed by atoms with Gasteiger partial charge in [-0.05, 0) is 48.6 Å². The first-order chi connectivity index (χ1) is 12.5. The van der Waals surface area contributed by atoms with Crippen molar-refractivity contribution in [3.8, 4) is 0 Å². The smallest absolute Gasteiger partial charge is 0.243 e. The summed E-state index contributed by atoms with van der Waals surface area (Å²) < 4.78 is 29.5. The molecule has 0 atom stereocenters. The predicted molar refractivity (Wildman–Crippen MR) is 105 cm³/mol. The number of hydrogen-bond acceptors (Lipinski definition) is 2. The van der Waals surface area contributed by atoms with Crippen LogP contribution in [0.5, 0.6) is 0 Å². The number of sulfonamides is 1. The molecule has 1 aromatic heterocycles. The van der Waals surface area contributed by atoms with E-state index in [0.717, 1.165) is 12.8 Å². The molecule has 1 fully saturated rings. The highest BCUT2D eigenvalue weighted by Crippen LogP contribution is 2.35. The molecular weight excluding hydrogens is 368 g/mol. The van der Waals surface area contributed by atoms with Crippen LogP contribution in [0, 0.1) is 0 Å². The fraction of sp³-hybridized carbons (Fsp3) is 0.300. The second-order valence-corrected chi connectivity index (χ2v) is 9.22. The maximum atomic E-state index is 12.9. The molecule has 2 heterocycles. The third-order valence-corrected chi connectivity index (χ3v) is 7.39. The van der Waals surface area contributed by atoms with Crippen LogP contribution in [0.4, 0.5) is 0 Å². The Bertz CT molecular complexity index is 1050. The number of fused-ring (bicyclic) bond motifs is 1. The zero-order chi connectivity index (χ0) is 18.3. The van der Waals surface area contributed by atoms with Gasteiger partial charge >= 0.3 is 0 Å². The first-order valence-electron chi connectivity index (χ1n) is 8.76. The second kappa shape index (κ2) is 6.72. The summed E-state index contributed by atoms with van der Waals surface area (Å²) in [4.78, 5) is 0.272. The molecule has 1 saturated heterocycles. The van der Waals surface area contributed by atoms with E-state index in [1.165, 1.54) is 22.5 Å². The molecule has 1 aliphatic heterocycles. The fourth-order valence-electron chi connectivity index (χ4n) is 3.88. The van der Waals surface area contributed by atoms with Crippen LogP contribution in [0.15, 0.2) is 59.6 Å². The van der Waals surface area contributed by atoms with Gasteiger partial charge in [0.25, 0.3) is 0 Å². The molecule has 0 radical (unpaired) electrons. The minimum atomic E-state index is -3.48. The van der Waals surface area contributed by atoms with E-state index in [4.69, 9.17) is 11.6 Å². The molecule has 4 nitrogen and oxygen atoms in total. The number of halogens is 1. The lowest BCUT2D eigenvalue weighted by molar-refractivity contribution is 0.320. The van der Waals surface area contributed by atoms with Crippen molar-refractivity contribution in [1.29, 1.82) is 0 Å². The minimum Gasteiger partial charge on any atom is -0.350 e. The molecule has 0 unspecified atom stereocenters. The van der Waals surface area contributed by atoms with Crippen molar-refractivity contribution in [2.45, 2.75) is 23.7 Å². The van der Waals surface area contributed by atoms with E-state index < -0.39 is 10.0 Å². The van der Waals surface area contributed by atoms with Crippen LogP contribution in [0.2, 0.25) is 5.02 Å². The van der Waals surface area contributed by atoms with Gasteiger partial charge in [-0.25, -0.2) is 8.42 Å². The Morgan fingerprint density at radius 3 is 2.50 bits per heavy atom. The lowest BCUT2D eigenvalue weighted by Crippen LogP contribution is -2.37. The average Bonchev–Trinajstić information content (AvgIpc) is 2.99. The molecular formula is C20H21ClN2O2S. The standard InChI is InChI=1S/C20H21ClN2O2S/c1-22-14-19(18-7-2-3-8-20(18)22)15-9-11-23(12-10-15)26(24,25)17-6-4-5-16(21)13-17/h2-8,13-15H,9-12H2,1H3. The summed E-state index contributed by atoms with van der Waals surface area (Å²) >= 11 is 5.97. The molecule has 0 saturated carbocycles. The SMILES string of the molecule is Cn1cc(C2CCN(S(=O)(=O)c3cccc(Cl)c3)CC2)c2ccccc21. The van der Waals surface area contributed by atoms with Crippen molar-refractivity contribution in [2.24, 2.45) is 7.05 Å². The Labute approximate surface area is 159 Å². The molecule has 0 N–H and O–H groups in total. The quantitative estimate of drug-likeness (QED) is 0.667. The molecule has 0 bridgehead atoms. The fourth-order valence-corrected chi connectivity index (χ4v) is 5.65. The van der Waals surface area contributed by atoms with Gasteiger partial charge in [0, 0.05) is 42.3 Å². The van der Waals surface area contributed by atoms with E-state index in [-0.39, 0.29) is 4.90 Å². The number of hydrogen-bond donors (Lipinski definition) is 0. The van der Waals surface area contributed by atoms with Crippen LogP contribution < -0.4 is 0 Å². The van der Waals surface area contributed by atoms with Crippen LogP contribution in [-0.4, -0.2) is 30.4 Å². The first kappa shape index (κ1) is 17.6. The van der Waals surface area contributed by atoms with Gasteiger partial charge in [0.15, 0.2) is 0 Å². The van der Waals surface area contributed by atoms with Crippen LogP contribution in [-0.2, 0) is 17.1 Å². The minimum absolute atomic E-state index is 0.272. The van der Waals surface area contributed by atoms with Gasteiger partial charge < -0.3 is 4.57 Å². The molecule has 0 aliphatic carbocycles. The van der Waals surface area contributed by atoms with Crippen LogP contribution in [0.3, 0.4) is 0 Å². The number of piperidine rings is 1. The molecule has 2 aromatic carbocycles. The zero-order valence-electron chi connectivity index (χ0n) is 14.6. The summed E-state index contributed by atoms with van der Waals surface area (Å²) in [6.07, 6.45) is 3.85. The number of benzene rings is 2. The zero-order valence-corrected chi connectivity index (χ0v) is 16.2. The number of nitrogens with zero attached hydrogens (tertiary/aromatic N) is 2. The topological polar surface area (TPSA) is 42.3 Å². The van der Waals surface area contributed by atoms with Gasteiger partial charge in [-0.2, -0.15) is 4.31 Å². The molecule has 136 valence electrons. The van der Waals surface area contributed by atoms with Crippen LogP contribution >= 0.6 is 11.6 Å². The molecule has 0 amide bonds. The Hall–Kier alpha value is -1.82. The van der Waals surface area contributed by atoms with Crippen molar-refractivity contribution in [1.82, 2.24) is 8.87 Å². The molecule has 6 heteroatoms. The average molecular weight is 389 g/mol. The van der Waals surface area contributed by atoms with Gasteiger partial charge in [0.2, 0.25) is 10.0 Å². The summed E-state index contributed by atoms with van der Waals surface area (Å²) in [7, 11) is -1.42. The summed E-state index contributed by atoms with van der Waals surface area (Å²) in [5, 5.41) is 1.71. The molecule has 26 heavy (non-hydrogen) atoms. The normalized spacial score (nSPS) is 17.0. The summed E-state index contributed by atoms with van der Waals surface area (Å²) in [5.74, 6) is 0.381. The van der Waals surface area contributed by atoms with Crippen LogP contribution in [0.25, 0.3) is 10.9 Å². The predicted octanol–water partition coefficient (Wildman–Crippen LogP) is 4.40. The molecule has 1 aliphatic rings. The van der Waals surface area contributed by atoms with E-state index in [1.54, 1.807) is 22.5 Å². The van der Waals surface area contributed by atoms with E-state index in [9.17, 15) is 8.42 Å². The lowest BCUT2D eigenvalue weighted by atomic mass is 9.90. The Balaban J connectivity index is 1.55. The van der Waals surface area contributed by atoms with Gasteiger partial charge in [-0.15, -0.1) is 0 Å².